The summed E-state index contributed by atoms with van der Waals surface area (Å²) in [4.78, 5) is 40.6. The van der Waals surface area contributed by atoms with Gasteiger partial charge in [-0.2, -0.15) is 0 Å². The van der Waals surface area contributed by atoms with Gasteiger partial charge in [0.1, 0.15) is 5.82 Å². The van der Waals surface area contributed by atoms with Crippen molar-refractivity contribution in [2.45, 2.75) is 31.3 Å². The number of nitrogens with zero attached hydrogens (tertiary/aromatic N) is 1. The van der Waals surface area contributed by atoms with E-state index in [1.165, 1.54) is 13.2 Å². The molecule has 2 aromatic rings. The summed E-state index contributed by atoms with van der Waals surface area (Å²) < 4.78 is 18.9. The van der Waals surface area contributed by atoms with Gasteiger partial charge in [-0.15, -0.1) is 0 Å². The number of anilines is 1. The molecular formula is C19H17ClFN3O4. The van der Waals surface area contributed by atoms with Gasteiger partial charge in [0.2, 0.25) is 5.56 Å². The van der Waals surface area contributed by atoms with Crippen molar-refractivity contribution in [3.63, 3.8) is 0 Å². The lowest BCUT2D eigenvalue weighted by atomic mass is 9.95. The number of fused-ring (bicyclic) bond motifs is 4. The number of hydrogen-bond acceptors (Lipinski definition) is 4. The van der Waals surface area contributed by atoms with E-state index in [0.29, 0.717) is 6.42 Å². The van der Waals surface area contributed by atoms with Gasteiger partial charge < -0.3 is 19.9 Å². The third-order valence-corrected chi connectivity index (χ3v) is 5.61. The lowest BCUT2D eigenvalue weighted by Crippen LogP contribution is -2.44. The quantitative estimate of drug-likeness (QED) is 0.750. The SMILES string of the molecule is COC(=O)c1cc(NC(=O)N2C3CCC2c2c[nH]c(=O)cc2C3)c(F)cc1Cl. The number of nitrogens with one attached hydrogen (secondary N) is 2. The van der Waals surface area contributed by atoms with Crippen molar-refractivity contribution in [1.82, 2.24) is 9.88 Å². The predicted molar refractivity (Wildman–Crippen MR) is 100 cm³/mol. The monoisotopic (exact) mass is 405 g/mol. The van der Waals surface area contributed by atoms with Crippen molar-refractivity contribution in [3.05, 3.63) is 62.3 Å². The fourth-order valence-electron chi connectivity index (χ4n) is 4.05. The third-order valence-electron chi connectivity index (χ3n) is 5.30. The molecule has 0 aliphatic carbocycles. The van der Waals surface area contributed by atoms with Gasteiger partial charge in [-0.3, -0.25) is 4.79 Å². The Morgan fingerprint density at radius 3 is 2.86 bits per heavy atom. The van der Waals surface area contributed by atoms with Gasteiger partial charge >= 0.3 is 12.0 Å². The van der Waals surface area contributed by atoms with Gasteiger partial charge in [0.05, 0.1) is 29.4 Å². The molecule has 0 saturated carbocycles. The highest BCUT2D eigenvalue weighted by atomic mass is 35.5. The average Bonchev–Trinajstić information content (AvgIpc) is 2.98. The third kappa shape index (κ3) is 3.03. The topological polar surface area (TPSA) is 91.5 Å². The molecule has 2 N–H and O–H groups in total. The fourth-order valence-corrected chi connectivity index (χ4v) is 4.28. The van der Waals surface area contributed by atoms with Crippen molar-refractivity contribution in [2.75, 3.05) is 12.4 Å². The maximum absolute atomic E-state index is 14.3. The number of carbonyl (C=O) groups excluding carboxylic acids is 2. The number of ether oxygens (including phenoxy) is 1. The minimum absolute atomic E-state index is 0.0367. The maximum atomic E-state index is 14.3. The van der Waals surface area contributed by atoms with E-state index in [-0.39, 0.29) is 33.9 Å². The summed E-state index contributed by atoms with van der Waals surface area (Å²) in [7, 11) is 1.19. The number of rotatable bonds is 2. The first-order chi connectivity index (χ1) is 13.4. The Kier molecular flexibility index (Phi) is 4.58. The summed E-state index contributed by atoms with van der Waals surface area (Å²) in [5.74, 6) is -1.48. The highest BCUT2D eigenvalue weighted by Gasteiger charge is 2.43. The Balaban J connectivity index is 1.62. The van der Waals surface area contributed by atoms with Crippen LogP contribution >= 0.6 is 11.6 Å². The molecule has 2 aliphatic rings. The second kappa shape index (κ2) is 6.94. The Labute approximate surface area is 164 Å². The van der Waals surface area contributed by atoms with Crippen molar-refractivity contribution in [3.8, 4) is 0 Å². The lowest BCUT2D eigenvalue weighted by Gasteiger charge is -2.36. The minimum Gasteiger partial charge on any atom is -0.465 e. The van der Waals surface area contributed by atoms with Gasteiger partial charge in [-0.1, -0.05) is 11.6 Å². The molecule has 3 heterocycles. The zero-order chi connectivity index (χ0) is 20.0. The molecular weight excluding hydrogens is 389 g/mol. The molecule has 2 aliphatic heterocycles. The Hall–Kier alpha value is -2.87. The zero-order valence-electron chi connectivity index (χ0n) is 14.9. The number of H-pyrrole nitrogens is 1. The van der Waals surface area contributed by atoms with Crippen LogP contribution < -0.4 is 10.9 Å². The number of aromatic nitrogens is 1. The standard InChI is InChI=1S/C19H17ClFN3O4/c1-28-18(26)11-6-15(14(21)7-13(11)20)23-19(27)24-10-2-3-16(24)12-8-22-17(25)5-9(12)4-10/h5-8,10,16H,2-4H2,1H3,(H,22,25)(H,23,27). The molecule has 1 saturated heterocycles. The zero-order valence-corrected chi connectivity index (χ0v) is 15.7. The number of carbonyl (C=O) groups is 2. The van der Waals surface area contributed by atoms with Crippen LogP contribution in [0.2, 0.25) is 5.02 Å². The Morgan fingerprint density at radius 2 is 2.11 bits per heavy atom. The molecule has 1 aromatic heterocycles. The molecule has 2 bridgehead atoms. The molecule has 146 valence electrons. The molecule has 4 rings (SSSR count). The summed E-state index contributed by atoms with van der Waals surface area (Å²) in [6.07, 6.45) is 3.76. The van der Waals surface area contributed by atoms with Crippen LogP contribution in [0.1, 0.15) is 40.4 Å². The van der Waals surface area contributed by atoms with Crippen molar-refractivity contribution < 1.29 is 18.7 Å². The van der Waals surface area contributed by atoms with Gasteiger partial charge in [-0.05, 0) is 42.5 Å². The summed E-state index contributed by atoms with van der Waals surface area (Å²) in [6, 6.07) is 2.96. The molecule has 0 spiro atoms. The number of hydrogen-bond donors (Lipinski definition) is 2. The molecule has 2 unspecified atom stereocenters. The van der Waals surface area contributed by atoms with E-state index in [0.717, 1.165) is 30.0 Å². The fraction of sp³-hybridized carbons (Fsp3) is 0.316. The van der Waals surface area contributed by atoms with Gasteiger partial charge in [-0.25, -0.2) is 14.0 Å². The van der Waals surface area contributed by atoms with Gasteiger partial charge in [0, 0.05) is 18.3 Å². The lowest BCUT2D eigenvalue weighted by molar-refractivity contribution is 0.0601. The number of benzene rings is 1. The molecule has 9 heteroatoms. The second-order valence-corrected chi connectivity index (χ2v) is 7.28. The van der Waals surface area contributed by atoms with E-state index >= 15 is 0 Å². The van der Waals surface area contributed by atoms with Crippen LogP contribution in [0, 0.1) is 5.82 Å². The van der Waals surface area contributed by atoms with Crippen molar-refractivity contribution in [1.29, 1.82) is 0 Å². The molecule has 2 amide bonds. The van der Waals surface area contributed by atoms with E-state index in [9.17, 15) is 18.8 Å². The molecule has 28 heavy (non-hydrogen) atoms. The van der Waals surface area contributed by atoms with Crippen LogP contribution in [-0.2, 0) is 11.2 Å². The van der Waals surface area contributed by atoms with Crippen molar-refractivity contribution in [2.24, 2.45) is 0 Å². The molecule has 2 atom stereocenters. The highest BCUT2D eigenvalue weighted by molar-refractivity contribution is 6.33. The number of amides is 2. The number of pyridine rings is 1. The van der Waals surface area contributed by atoms with E-state index in [1.54, 1.807) is 17.2 Å². The van der Waals surface area contributed by atoms with Crippen LogP contribution in [0.15, 0.2) is 29.2 Å². The number of methoxy groups -OCH3 is 1. The van der Waals surface area contributed by atoms with E-state index < -0.39 is 17.8 Å². The first-order valence-electron chi connectivity index (χ1n) is 8.77. The molecule has 1 fully saturated rings. The largest absolute Gasteiger partial charge is 0.465 e. The first-order valence-corrected chi connectivity index (χ1v) is 9.15. The first kappa shape index (κ1) is 18.5. The summed E-state index contributed by atoms with van der Waals surface area (Å²) in [5, 5.41) is 2.44. The molecule has 0 radical (unpaired) electrons. The predicted octanol–water partition coefficient (Wildman–Crippen LogP) is 3.25. The maximum Gasteiger partial charge on any atom is 0.339 e. The van der Waals surface area contributed by atoms with Gasteiger partial charge in [0.15, 0.2) is 0 Å². The van der Waals surface area contributed by atoms with Crippen LogP contribution in [0.5, 0.6) is 0 Å². The van der Waals surface area contributed by atoms with E-state index in [1.807, 2.05) is 0 Å². The Bertz CT molecular complexity index is 1040. The molecule has 7 nitrogen and oxygen atoms in total. The van der Waals surface area contributed by atoms with Crippen molar-refractivity contribution >= 4 is 29.3 Å². The van der Waals surface area contributed by atoms with E-state index in [2.05, 4.69) is 15.0 Å². The number of urea groups is 1. The van der Waals surface area contributed by atoms with Gasteiger partial charge in [0.25, 0.3) is 0 Å². The highest BCUT2D eigenvalue weighted by Crippen LogP contribution is 2.43. The normalized spacial score (nSPS) is 19.9. The van der Waals surface area contributed by atoms with E-state index in [4.69, 9.17) is 11.6 Å². The summed E-state index contributed by atoms with van der Waals surface area (Å²) >= 11 is 5.89. The van der Waals surface area contributed by atoms with Crippen LogP contribution in [0.4, 0.5) is 14.9 Å². The van der Waals surface area contributed by atoms with Crippen LogP contribution in [-0.4, -0.2) is 35.0 Å². The number of aromatic amines is 1. The number of esters is 1. The summed E-state index contributed by atoms with van der Waals surface area (Å²) in [6.45, 7) is 0. The van der Waals surface area contributed by atoms with Crippen LogP contribution in [0.3, 0.4) is 0 Å². The number of halogens is 2. The average molecular weight is 406 g/mol. The minimum atomic E-state index is -0.750. The summed E-state index contributed by atoms with van der Waals surface area (Å²) in [5.41, 5.74) is 1.47. The molecule has 1 aromatic carbocycles. The second-order valence-electron chi connectivity index (χ2n) is 6.87. The van der Waals surface area contributed by atoms with Crippen LogP contribution in [0.25, 0.3) is 0 Å². The Morgan fingerprint density at radius 1 is 1.32 bits per heavy atom. The smallest absolute Gasteiger partial charge is 0.339 e.